The van der Waals surface area contributed by atoms with Gasteiger partial charge < -0.3 is 4.74 Å². The molecule has 6 nitrogen and oxygen atoms in total. The first-order valence-electron chi connectivity index (χ1n) is 7.01. The highest BCUT2D eigenvalue weighted by Crippen LogP contribution is 2.50. The summed E-state index contributed by atoms with van der Waals surface area (Å²) in [6.45, 7) is 6.26. The highest BCUT2D eigenvalue weighted by molar-refractivity contribution is 5.93. The normalized spacial score (nSPS) is 25.7. The molecule has 2 rings (SSSR count). The van der Waals surface area contributed by atoms with Gasteiger partial charge in [-0.15, -0.1) is 0 Å². The highest BCUT2D eigenvalue weighted by atomic mass is 17.2. The molecule has 2 unspecified atom stereocenters. The van der Waals surface area contributed by atoms with Crippen molar-refractivity contribution in [3.05, 3.63) is 36.0 Å². The van der Waals surface area contributed by atoms with Crippen LogP contribution in [0.1, 0.15) is 33.1 Å². The van der Waals surface area contributed by atoms with Crippen molar-refractivity contribution in [2.24, 2.45) is 11.3 Å². The van der Waals surface area contributed by atoms with Gasteiger partial charge >= 0.3 is 18.1 Å². The molecule has 0 N–H and O–H groups in total. The minimum Gasteiger partial charge on any atom is -0.354 e. The largest absolute Gasteiger partial charge is 0.558 e. The van der Waals surface area contributed by atoms with E-state index in [1.54, 1.807) is 6.92 Å². The van der Waals surface area contributed by atoms with Crippen molar-refractivity contribution in [2.45, 2.75) is 33.1 Å². The second-order valence-electron chi connectivity index (χ2n) is 5.80. The monoisotopic (exact) mass is 306 g/mol. The molecule has 0 saturated heterocycles. The Morgan fingerprint density at radius 3 is 2.45 bits per heavy atom. The fourth-order valence-electron chi connectivity index (χ4n) is 2.78. The molecular formula is C16H18O6. The highest BCUT2D eigenvalue weighted by Gasteiger charge is 2.39. The number of esters is 1. The van der Waals surface area contributed by atoms with Gasteiger partial charge in [0.15, 0.2) is 0 Å². The molecule has 0 aliphatic heterocycles. The minimum atomic E-state index is -1.41. The second kappa shape index (κ2) is 6.17. The van der Waals surface area contributed by atoms with E-state index >= 15 is 0 Å². The maximum Gasteiger partial charge on any atom is 0.558 e. The van der Waals surface area contributed by atoms with Crippen LogP contribution in [0.2, 0.25) is 0 Å². The molecule has 118 valence electrons. The summed E-state index contributed by atoms with van der Waals surface area (Å²) in [5.74, 6) is -1.16. The van der Waals surface area contributed by atoms with Gasteiger partial charge in [0.05, 0.1) is 0 Å². The topological polar surface area (TPSA) is 78.9 Å². The van der Waals surface area contributed by atoms with Crippen molar-refractivity contribution in [1.82, 2.24) is 0 Å². The number of carbonyl (C=O) groups is 3. The van der Waals surface area contributed by atoms with E-state index in [0.717, 1.165) is 19.3 Å². The van der Waals surface area contributed by atoms with E-state index < -0.39 is 18.1 Å². The van der Waals surface area contributed by atoms with Crippen molar-refractivity contribution < 1.29 is 28.9 Å². The van der Waals surface area contributed by atoms with Gasteiger partial charge in [0.1, 0.15) is 0 Å². The van der Waals surface area contributed by atoms with E-state index in [1.165, 1.54) is 6.92 Å². The lowest BCUT2D eigenvalue weighted by Gasteiger charge is -2.19. The van der Waals surface area contributed by atoms with Crippen molar-refractivity contribution in [3.8, 4) is 0 Å². The van der Waals surface area contributed by atoms with E-state index in [-0.39, 0.29) is 11.0 Å². The number of carbonyl (C=O) groups excluding carboxylic acids is 3. The number of allylic oxidation sites excluding steroid dienone is 3. The molecule has 0 aromatic carbocycles. The molecule has 0 spiro atoms. The molecule has 2 atom stereocenters. The van der Waals surface area contributed by atoms with Crippen LogP contribution in [0.15, 0.2) is 36.0 Å². The Kier molecular flexibility index (Phi) is 4.49. The van der Waals surface area contributed by atoms with Crippen LogP contribution in [0.3, 0.4) is 0 Å². The number of hydrogen-bond donors (Lipinski definition) is 0. The summed E-state index contributed by atoms with van der Waals surface area (Å²) in [6, 6.07) is 0. The molecule has 2 bridgehead atoms. The third-order valence-electron chi connectivity index (χ3n) is 3.86. The molecule has 2 aliphatic carbocycles. The third kappa shape index (κ3) is 3.63. The van der Waals surface area contributed by atoms with E-state index in [2.05, 4.69) is 33.2 Å². The summed E-state index contributed by atoms with van der Waals surface area (Å²) >= 11 is 0. The maximum absolute atomic E-state index is 11.8. The summed E-state index contributed by atoms with van der Waals surface area (Å²) in [4.78, 5) is 42.5. The van der Waals surface area contributed by atoms with Gasteiger partial charge in [0, 0.05) is 16.6 Å². The number of fused-ring (bicyclic) bond motifs is 2. The maximum atomic E-state index is 11.8. The lowest BCUT2D eigenvalue weighted by molar-refractivity contribution is -0.238. The van der Waals surface area contributed by atoms with Crippen LogP contribution in [0, 0.1) is 11.3 Å². The average molecular weight is 306 g/mol. The zero-order valence-corrected chi connectivity index (χ0v) is 12.6. The zero-order chi connectivity index (χ0) is 16.3. The van der Waals surface area contributed by atoms with Crippen molar-refractivity contribution in [1.29, 1.82) is 0 Å². The Bertz CT molecular complexity index is 585. The van der Waals surface area contributed by atoms with Crippen LogP contribution in [-0.4, -0.2) is 18.1 Å². The number of hydrogen-bond acceptors (Lipinski definition) is 6. The molecule has 1 saturated carbocycles. The molecule has 2 aliphatic rings. The van der Waals surface area contributed by atoms with Crippen LogP contribution in [0.25, 0.3) is 0 Å². The smallest absolute Gasteiger partial charge is 0.354 e. The van der Waals surface area contributed by atoms with Crippen LogP contribution in [0.4, 0.5) is 4.79 Å². The Labute approximate surface area is 128 Å². The molecular weight excluding hydrogens is 288 g/mol. The Balaban J connectivity index is 1.84. The van der Waals surface area contributed by atoms with Crippen LogP contribution < -0.4 is 0 Å². The summed E-state index contributed by atoms with van der Waals surface area (Å²) < 4.78 is 4.22. The first-order chi connectivity index (χ1) is 10.3. The van der Waals surface area contributed by atoms with Gasteiger partial charge in [-0.05, 0) is 39.0 Å². The molecule has 6 heteroatoms. The summed E-state index contributed by atoms with van der Waals surface area (Å²) in [5, 5.41) is 0. The molecule has 0 aromatic heterocycles. The summed E-state index contributed by atoms with van der Waals surface area (Å²) in [5.41, 5.74) is 0.276. The number of rotatable bonds is 3. The third-order valence-corrected chi connectivity index (χ3v) is 3.86. The standard InChI is InChI=1S/C16H18O6/c1-10(2)13(17)20-15(19)22-21-14(18)11(3)8-16-6-4-12(9-16)5-7-16/h4,6,8,12H,1,5,7,9H2,2-3H3/b11-8+. The SMILES string of the molecule is C=C(C)C(=O)OC(=O)OOC(=O)/C(C)=C/C12C=CC(CC1)C2. The zero-order valence-electron chi connectivity index (χ0n) is 12.6. The van der Waals surface area contributed by atoms with Gasteiger partial charge in [-0.2, -0.15) is 4.79 Å². The lowest BCUT2D eigenvalue weighted by Crippen LogP contribution is -2.18. The van der Waals surface area contributed by atoms with Gasteiger partial charge in [0.2, 0.25) is 0 Å². The minimum absolute atomic E-state index is 0.0299. The molecule has 0 heterocycles. The van der Waals surface area contributed by atoms with E-state index in [0.29, 0.717) is 11.5 Å². The fourth-order valence-corrected chi connectivity index (χ4v) is 2.78. The van der Waals surface area contributed by atoms with E-state index in [4.69, 9.17) is 0 Å². The van der Waals surface area contributed by atoms with Crippen molar-refractivity contribution >= 4 is 18.1 Å². The molecule has 22 heavy (non-hydrogen) atoms. The van der Waals surface area contributed by atoms with Gasteiger partial charge in [-0.1, -0.05) is 24.8 Å². The van der Waals surface area contributed by atoms with E-state index in [9.17, 15) is 14.4 Å². The molecule has 1 fully saturated rings. The summed E-state index contributed by atoms with van der Waals surface area (Å²) in [7, 11) is 0. The van der Waals surface area contributed by atoms with Crippen molar-refractivity contribution in [2.75, 3.05) is 0 Å². The Hall–Kier alpha value is -2.37. The van der Waals surface area contributed by atoms with Gasteiger partial charge in [-0.3, -0.25) is 0 Å². The Morgan fingerprint density at radius 2 is 1.95 bits per heavy atom. The van der Waals surface area contributed by atoms with Crippen LogP contribution in [-0.2, 0) is 24.1 Å². The second-order valence-corrected chi connectivity index (χ2v) is 5.80. The molecule has 0 radical (unpaired) electrons. The van der Waals surface area contributed by atoms with Gasteiger partial charge in [0.25, 0.3) is 0 Å². The fraction of sp³-hybridized carbons (Fsp3) is 0.438. The van der Waals surface area contributed by atoms with Crippen molar-refractivity contribution in [3.63, 3.8) is 0 Å². The predicted molar refractivity (Wildman–Crippen MR) is 76.2 cm³/mol. The first kappa shape index (κ1) is 16.0. The summed E-state index contributed by atoms with van der Waals surface area (Å²) in [6.07, 6.45) is 7.80. The average Bonchev–Trinajstić information content (AvgIpc) is 3.04. The van der Waals surface area contributed by atoms with Crippen LogP contribution >= 0.6 is 0 Å². The predicted octanol–water partition coefficient (Wildman–Crippen LogP) is 3.00. The molecule has 0 amide bonds. The lowest BCUT2D eigenvalue weighted by atomic mass is 9.86. The molecule has 0 aromatic rings. The quantitative estimate of drug-likeness (QED) is 0.199. The van der Waals surface area contributed by atoms with Crippen LogP contribution in [0.5, 0.6) is 0 Å². The first-order valence-corrected chi connectivity index (χ1v) is 7.01. The number of ether oxygens (including phenoxy) is 1. The van der Waals surface area contributed by atoms with E-state index in [1.807, 2.05) is 6.08 Å². The Morgan fingerprint density at radius 1 is 1.23 bits per heavy atom. The van der Waals surface area contributed by atoms with Gasteiger partial charge in [-0.25, -0.2) is 19.4 Å².